The smallest absolute Gasteiger partial charge is 0.234 e. The van der Waals surface area contributed by atoms with Gasteiger partial charge in [-0.3, -0.25) is 14.5 Å². The molecule has 0 spiro atoms. The Hall–Kier alpha value is -1.90. The molecule has 1 saturated carbocycles. The molecule has 1 heterocycles. The highest BCUT2D eigenvalue weighted by atomic mass is 16.2. The lowest BCUT2D eigenvalue weighted by molar-refractivity contribution is -0.140. The SMILES string of the molecule is Cc1ccccc1CN1C(=O)[C@@H]2[C@H](C1=O)[C@H]1C=C[C@H]2CC1. The zero-order chi connectivity index (χ0) is 14.6. The summed E-state index contributed by atoms with van der Waals surface area (Å²) in [6, 6.07) is 7.98. The predicted molar refractivity (Wildman–Crippen MR) is 79.1 cm³/mol. The number of hydrogen-bond acceptors (Lipinski definition) is 2. The van der Waals surface area contributed by atoms with Crippen molar-refractivity contribution in [1.82, 2.24) is 4.90 Å². The number of nitrogens with zero attached hydrogens (tertiary/aromatic N) is 1. The number of aryl methyl sites for hydroxylation is 1. The number of allylic oxidation sites excluding steroid dienone is 2. The molecule has 4 aliphatic rings. The van der Waals surface area contributed by atoms with Gasteiger partial charge in [0.15, 0.2) is 0 Å². The predicted octanol–water partition coefficient (Wildman–Crippen LogP) is 2.69. The average molecular weight is 281 g/mol. The summed E-state index contributed by atoms with van der Waals surface area (Å²) in [6.45, 7) is 2.45. The van der Waals surface area contributed by atoms with Crippen LogP contribution in [0.4, 0.5) is 0 Å². The average Bonchev–Trinajstić information content (AvgIpc) is 2.78. The Balaban J connectivity index is 1.65. The summed E-state index contributed by atoms with van der Waals surface area (Å²) in [6.07, 6.45) is 6.44. The van der Waals surface area contributed by atoms with Crippen LogP contribution in [0.25, 0.3) is 0 Å². The van der Waals surface area contributed by atoms with Crippen molar-refractivity contribution in [1.29, 1.82) is 0 Å². The van der Waals surface area contributed by atoms with Crippen molar-refractivity contribution in [3.8, 4) is 0 Å². The van der Waals surface area contributed by atoms with E-state index in [0.717, 1.165) is 24.0 Å². The van der Waals surface area contributed by atoms with Crippen LogP contribution in [0.1, 0.15) is 24.0 Å². The molecule has 2 bridgehead atoms. The Bertz CT molecular complexity index is 616. The number of likely N-dealkylation sites (tertiary alicyclic amines) is 1. The van der Waals surface area contributed by atoms with E-state index in [0.29, 0.717) is 6.54 Å². The summed E-state index contributed by atoms with van der Waals surface area (Å²) >= 11 is 0. The van der Waals surface area contributed by atoms with Crippen LogP contribution >= 0.6 is 0 Å². The lowest BCUT2D eigenvalue weighted by Gasteiger charge is -2.38. The third kappa shape index (κ3) is 1.80. The molecule has 5 rings (SSSR count). The maximum absolute atomic E-state index is 12.7. The first-order chi connectivity index (χ1) is 10.2. The number of carbonyl (C=O) groups is 2. The summed E-state index contributed by atoms with van der Waals surface area (Å²) in [7, 11) is 0. The molecule has 3 aliphatic carbocycles. The van der Waals surface area contributed by atoms with Crippen molar-refractivity contribution in [3.05, 3.63) is 47.5 Å². The van der Waals surface area contributed by atoms with Crippen LogP contribution in [0.5, 0.6) is 0 Å². The van der Waals surface area contributed by atoms with E-state index >= 15 is 0 Å². The van der Waals surface area contributed by atoms with E-state index < -0.39 is 0 Å². The van der Waals surface area contributed by atoms with E-state index in [-0.39, 0.29) is 35.5 Å². The molecule has 4 atom stereocenters. The minimum atomic E-state index is -0.0923. The van der Waals surface area contributed by atoms with E-state index in [1.54, 1.807) is 0 Å². The highest BCUT2D eigenvalue weighted by Crippen LogP contribution is 2.49. The normalized spacial score (nSPS) is 33.7. The first-order valence-electron chi connectivity index (χ1n) is 7.75. The molecule has 1 aliphatic heterocycles. The number of fused-ring (bicyclic) bond motifs is 1. The minimum Gasteiger partial charge on any atom is -0.278 e. The Morgan fingerprint density at radius 1 is 1.00 bits per heavy atom. The van der Waals surface area contributed by atoms with Gasteiger partial charge >= 0.3 is 0 Å². The van der Waals surface area contributed by atoms with Crippen molar-refractivity contribution in [2.24, 2.45) is 23.7 Å². The van der Waals surface area contributed by atoms with Gasteiger partial charge in [-0.25, -0.2) is 0 Å². The van der Waals surface area contributed by atoms with Crippen LogP contribution in [0.15, 0.2) is 36.4 Å². The quantitative estimate of drug-likeness (QED) is 0.617. The monoisotopic (exact) mass is 281 g/mol. The molecule has 1 saturated heterocycles. The second kappa shape index (κ2) is 4.55. The molecule has 0 aromatic heterocycles. The zero-order valence-electron chi connectivity index (χ0n) is 12.2. The van der Waals surface area contributed by atoms with Crippen LogP contribution in [0, 0.1) is 30.6 Å². The maximum Gasteiger partial charge on any atom is 0.234 e. The van der Waals surface area contributed by atoms with Gasteiger partial charge in [-0.2, -0.15) is 0 Å². The largest absolute Gasteiger partial charge is 0.278 e. The molecule has 108 valence electrons. The molecular weight excluding hydrogens is 262 g/mol. The first-order valence-corrected chi connectivity index (χ1v) is 7.75. The number of hydrogen-bond donors (Lipinski definition) is 0. The van der Waals surface area contributed by atoms with Gasteiger partial charge in [0, 0.05) is 0 Å². The first kappa shape index (κ1) is 12.8. The lowest BCUT2D eigenvalue weighted by atomic mass is 9.63. The van der Waals surface area contributed by atoms with E-state index in [4.69, 9.17) is 0 Å². The second-order valence-electron chi connectivity index (χ2n) is 6.53. The molecule has 2 fully saturated rings. The molecule has 1 aromatic rings. The molecule has 3 nitrogen and oxygen atoms in total. The van der Waals surface area contributed by atoms with Gasteiger partial charge in [0.05, 0.1) is 18.4 Å². The highest BCUT2D eigenvalue weighted by molar-refractivity contribution is 6.06. The van der Waals surface area contributed by atoms with Gasteiger partial charge in [-0.1, -0.05) is 36.4 Å². The van der Waals surface area contributed by atoms with Crippen molar-refractivity contribution < 1.29 is 9.59 Å². The number of benzene rings is 1. The van der Waals surface area contributed by atoms with E-state index in [1.807, 2.05) is 31.2 Å². The Morgan fingerprint density at radius 3 is 2.10 bits per heavy atom. The zero-order valence-corrected chi connectivity index (χ0v) is 12.2. The minimum absolute atomic E-state index is 0.0484. The molecular formula is C18H19NO2. The third-order valence-electron chi connectivity index (χ3n) is 5.44. The summed E-state index contributed by atoms with van der Waals surface area (Å²) in [5.41, 5.74) is 2.20. The second-order valence-corrected chi connectivity index (χ2v) is 6.53. The van der Waals surface area contributed by atoms with Gasteiger partial charge in [-0.05, 0) is 42.7 Å². The Labute approximate surface area is 124 Å². The number of rotatable bonds is 2. The molecule has 0 radical (unpaired) electrons. The van der Waals surface area contributed by atoms with Gasteiger partial charge in [0.1, 0.15) is 0 Å². The van der Waals surface area contributed by atoms with Crippen molar-refractivity contribution in [2.75, 3.05) is 0 Å². The molecule has 2 amide bonds. The van der Waals surface area contributed by atoms with Crippen LogP contribution in [0.3, 0.4) is 0 Å². The van der Waals surface area contributed by atoms with E-state index in [1.165, 1.54) is 4.90 Å². The standard InChI is InChI=1S/C18H19NO2/c1-11-4-2-3-5-14(11)10-19-17(20)15-12-6-7-13(9-8-12)16(15)18(19)21/h2-7,12-13,15-16H,8-10H2,1H3/t12-,13-,15-,16+/m0/s1. The Morgan fingerprint density at radius 2 is 1.57 bits per heavy atom. The summed E-state index contributed by atoms with van der Waals surface area (Å²) in [5, 5.41) is 0. The molecule has 1 aromatic carbocycles. The maximum atomic E-state index is 12.7. The number of carbonyl (C=O) groups excluding carboxylic acids is 2. The fourth-order valence-corrected chi connectivity index (χ4v) is 4.25. The summed E-state index contributed by atoms with van der Waals surface area (Å²) < 4.78 is 0. The molecule has 21 heavy (non-hydrogen) atoms. The molecule has 0 unspecified atom stereocenters. The van der Waals surface area contributed by atoms with E-state index in [9.17, 15) is 9.59 Å². The van der Waals surface area contributed by atoms with Gasteiger partial charge in [0.25, 0.3) is 0 Å². The summed E-state index contributed by atoms with van der Waals surface area (Å²) in [5.74, 6) is 0.465. The van der Waals surface area contributed by atoms with Crippen LogP contribution < -0.4 is 0 Å². The van der Waals surface area contributed by atoms with Crippen LogP contribution in [-0.4, -0.2) is 16.7 Å². The molecule has 0 N–H and O–H groups in total. The number of imide groups is 1. The van der Waals surface area contributed by atoms with Gasteiger partial charge in [0.2, 0.25) is 11.8 Å². The van der Waals surface area contributed by atoms with Crippen molar-refractivity contribution >= 4 is 11.8 Å². The van der Waals surface area contributed by atoms with Crippen molar-refractivity contribution in [2.45, 2.75) is 26.3 Å². The van der Waals surface area contributed by atoms with Gasteiger partial charge < -0.3 is 0 Å². The Kier molecular flexibility index (Phi) is 2.78. The topological polar surface area (TPSA) is 37.4 Å². The number of amides is 2. The highest BCUT2D eigenvalue weighted by Gasteiger charge is 2.56. The fraction of sp³-hybridized carbons (Fsp3) is 0.444. The van der Waals surface area contributed by atoms with Crippen LogP contribution in [-0.2, 0) is 16.1 Å². The van der Waals surface area contributed by atoms with E-state index in [2.05, 4.69) is 12.2 Å². The third-order valence-corrected chi connectivity index (χ3v) is 5.44. The summed E-state index contributed by atoms with van der Waals surface area (Å²) in [4.78, 5) is 27.0. The van der Waals surface area contributed by atoms with Crippen molar-refractivity contribution in [3.63, 3.8) is 0 Å². The van der Waals surface area contributed by atoms with Crippen LogP contribution in [0.2, 0.25) is 0 Å². The molecule has 3 heteroatoms. The fourth-order valence-electron chi connectivity index (χ4n) is 4.25. The lowest BCUT2D eigenvalue weighted by Crippen LogP contribution is -2.38. The van der Waals surface area contributed by atoms with Gasteiger partial charge in [-0.15, -0.1) is 0 Å².